The van der Waals surface area contributed by atoms with Crippen LogP contribution in [0.25, 0.3) is 0 Å². The van der Waals surface area contributed by atoms with Gasteiger partial charge >= 0.3 is 0 Å². The smallest absolute Gasteiger partial charge is 0.222 e. The second kappa shape index (κ2) is 4.61. The van der Waals surface area contributed by atoms with E-state index in [1.165, 1.54) is 13.0 Å². The first-order valence-corrected chi connectivity index (χ1v) is 5.06. The molecule has 0 radical (unpaired) electrons. The van der Waals surface area contributed by atoms with E-state index in [0.717, 1.165) is 13.1 Å². The first kappa shape index (κ1) is 10.5. The van der Waals surface area contributed by atoms with Crippen molar-refractivity contribution >= 4 is 5.91 Å². The highest BCUT2D eigenvalue weighted by atomic mass is 16.1. The molecule has 0 aliphatic carbocycles. The highest BCUT2D eigenvalue weighted by Gasteiger charge is 2.19. The van der Waals surface area contributed by atoms with E-state index in [0.29, 0.717) is 5.92 Å². The Labute approximate surface area is 80.5 Å². The monoisotopic (exact) mass is 184 g/mol. The SMILES string of the molecule is CC(C)C(=O)NCC1CCN(C)C1. The zero-order chi connectivity index (χ0) is 9.84. The van der Waals surface area contributed by atoms with E-state index in [4.69, 9.17) is 0 Å². The largest absolute Gasteiger partial charge is 0.356 e. The third kappa shape index (κ3) is 3.35. The van der Waals surface area contributed by atoms with E-state index in [-0.39, 0.29) is 11.8 Å². The number of nitrogens with one attached hydrogen (secondary N) is 1. The maximum absolute atomic E-state index is 11.3. The van der Waals surface area contributed by atoms with E-state index in [1.54, 1.807) is 0 Å². The first-order chi connectivity index (χ1) is 6.09. The van der Waals surface area contributed by atoms with Crippen LogP contribution < -0.4 is 5.32 Å². The average Bonchev–Trinajstić information content (AvgIpc) is 2.47. The summed E-state index contributed by atoms with van der Waals surface area (Å²) in [6.45, 7) is 6.99. The van der Waals surface area contributed by atoms with Crippen LogP contribution in [0.4, 0.5) is 0 Å². The van der Waals surface area contributed by atoms with Crippen molar-refractivity contribution in [3.63, 3.8) is 0 Å². The molecule has 13 heavy (non-hydrogen) atoms. The molecule has 3 nitrogen and oxygen atoms in total. The lowest BCUT2D eigenvalue weighted by atomic mass is 10.1. The lowest BCUT2D eigenvalue weighted by Gasteiger charge is -2.12. The lowest BCUT2D eigenvalue weighted by molar-refractivity contribution is -0.124. The van der Waals surface area contributed by atoms with Gasteiger partial charge in [-0.3, -0.25) is 4.79 Å². The van der Waals surface area contributed by atoms with Crippen LogP contribution in [0.1, 0.15) is 20.3 Å². The summed E-state index contributed by atoms with van der Waals surface area (Å²) in [6.07, 6.45) is 1.22. The molecule has 1 aliphatic heterocycles. The third-order valence-corrected chi connectivity index (χ3v) is 2.58. The Morgan fingerprint density at radius 1 is 1.62 bits per heavy atom. The van der Waals surface area contributed by atoms with Crippen LogP contribution in [0.3, 0.4) is 0 Å². The molecule has 1 heterocycles. The van der Waals surface area contributed by atoms with E-state index in [2.05, 4.69) is 17.3 Å². The number of rotatable bonds is 3. The van der Waals surface area contributed by atoms with Crippen molar-refractivity contribution in [3.8, 4) is 0 Å². The van der Waals surface area contributed by atoms with Crippen LogP contribution in [-0.4, -0.2) is 37.5 Å². The molecule has 1 atom stereocenters. The fourth-order valence-electron chi connectivity index (χ4n) is 1.64. The molecule has 1 saturated heterocycles. The number of hydrogen-bond donors (Lipinski definition) is 1. The van der Waals surface area contributed by atoms with E-state index in [9.17, 15) is 4.79 Å². The molecule has 76 valence electrons. The zero-order valence-electron chi connectivity index (χ0n) is 8.84. The van der Waals surface area contributed by atoms with Gasteiger partial charge in [0.2, 0.25) is 5.91 Å². The summed E-state index contributed by atoms with van der Waals surface area (Å²) in [7, 11) is 2.13. The Kier molecular flexibility index (Phi) is 3.72. The first-order valence-electron chi connectivity index (χ1n) is 5.06. The lowest BCUT2D eigenvalue weighted by Crippen LogP contribution is -2.33. The van der Waals surface area contributed by atoms with Gasteiger partial charge in [-0.15, -0.1) is 0 Å². The number of hydrogen-bond acceptors (Lipinski definition) is 2. The molecular weight excluding hydrogens is 164 g/mol. The minimum absolute atomic E-state index is 0.110. The van der Waals surface area contributed by atoms with Crippen molar-refractivity contribution in [2.75, 3.05) is 26.7 Å². The molecule has 1 rings (SSSR count). The molecule has 0 aromatic carbocycles. The van der Waals surface area contributed by atoms with Crippen molar-refractivity contribution < 1.29 is 4.79 Å². The fourth-order valence-corrected chi connectivity index (χ4v) is 1.64. The Hall–Kier alpha value is -0.570. The molecule has 1 aliphatic rings. The maximum Gasteiger partial charge on any atom is 0.222 e. The van der Waals surface area contributed by atoms with Gasteiger partial charge in [-0.05, 0) is 25.9 Å². The topological polar surface area (TPSA) is 32.3 Å². The highest BCUT2D eigenvalue weighted by molar-refractivity contribution is 5.77. The van der Waals surface area contributed by atoms with Crippen LogP contribution >= 0.6 is 0 Å². The molecule has 1 N–H and O–H groups in total. The Morgan fingerprint density at radius 3 is 2.77 bits per heavy atom. The summed E-state index contributed by atoms with van der Waals surface area (Å²) >= 11 is 0. The van der Waals surface area contributed by atoms with E-state index in [1.807, 2.05) is 13.8 Å². The van der Waals surface area contributed by atoms with Crippen LogP contribution in [0, 0.1) is 11.8 Å². The summed E-state index contributed by atoms with van der Waals surface area (Å²) in [5.41, 5.74) is 0. The Morgan fingerprint density at radius 2 is 2.31 bits per heavy atom. The Bertz CT molecular complexity index is 180. The van der Waals surface area contributed by atoms with Gasteiger partial charge < -0.3 is 10.2 Å². The standard InChI is InChI=1S/C10H20N2O/c1-8(2)10(13)11-6-9-4-5-12(3)7-9/h8-9H,4-7H2,1-3H3,(H,11,13). The van der Waals surface area contributed by atoms with Crippen molar-refractivity contribution in [1.29, 1.82) is 0 Å². The summed E-state index contributed by atoms with van der Waals surface area (Å²) in [4.78, 5) is 13.6. The van der Waals surface area contributed by atoms with Crippen molar-refractivity contribution in [2.45, 2.75) is 20.3 Å². The van der Waals surface area contributed by atoms with Crippen LogP contribution in [0.5, 0.6) is 0 Å². The van der Waals surface area contributed by atoms with Gasteiger partial charge in [-0.25, -0.2) is 0 Å². The second-order valence-electron chi connectivity index (χ2n) is 4.32. The molecule has 0 bridgehead atoms. The van der Waals surface area contributed by atoms with Gasteiger partial charge in [-0.2, -0.15) is 0 Å². The van der Waals surface area contributed by atoms with Gasteiger partial charge in [0, 0.05) is 19.0 Å². The maximum atomic E-state index is 11.3. The normalized spacial score (nSPS) is 23.8. The summed E-state index contributed by atoms with van der Waals surface area (Å²) in [5.74, 6) is 0.946. The van der Waals surface area contributed by atoms with Gasteiger partial charge in [0.05, 0.1) is 0 Å². The summed E-state index contributed by atoms with van der Waals surface area (Å²) in [5, 5.41) is 2.98. The minimum Gasteiger partial charge on any atom is -0.356 e. The molecule has 0 aromatic heterocycles. The fraction of sp³-hybridized carbons (Fsp3) is 0.900. The second-order valence-corrected chi connectivity index (χ2v) is 4.32. The molecule has 1 fully saturated rings. The van der Waals surface area contributed by atoms with Crippen molar-refractivity contribution in [3.05, 3.63) is 0 Å². The van der Waals surface area contributed by atoms with Gasteiger partial charge in [0.1, 0.15) is 0 Å². The predicted octanol–water partition coefficient (Wildman–Crippen LogP) is 0.710. The quantitative estimate of drug-likeness (QED) is 0.700. The molecule has 0 spiro atoms. The zero-order valence-corrected chi connectivity index (χ0v) is 8.84. The van der Waals surface area contributed by atoms with Gasteiger partial charge in [0.15, 0.2) is 0 Å². The predicted molar refractivity (Wildman–Crippen MR) is 53.5 cm³/mol. The van der Waals surface area contributed by atoms with Gasteiger partial charge in [-0.1, -0.05) is 13.8 Å². The van der Waals surface area contributed by atoms with Crippen molar-refractivity contribution in [2.24, 2.45) is 11.8 Å². The third-order valence-electron chi connectivity index (χ3n) is 2.58. The molecule has 0 saturated carbocycles. The molecule has 0 aromatic rings. The molecule has 1 amide bonds. The molecule has 1 unspecified atom stereocenters. The average molecular weight is 184 g/mol. The highest BCUT2D eigenvalue weighted by Crippen LogP contribution is 2.12. The molecule has 3 heteroatoms. The van der Waals surface area contributed by atoms with E-state index < -0.39 is 0 Å². The van der Waals surface area contributed by atoms with Crippen molar-refractivity contribution in [1.82, 2.24) is 10.2 Å². The number of amides is 1. The number of carbonyl (C=O) groups excluding carboxylic acids is 1. The van der Waals surface area contributed by atoms with Crippen LogP contribution in [0.2, 0.25) is 0 Å². The van der Waals surface area contributed by atoms with Gasteiger partial charge in [0.25, 0.3) is 0 Å². The van der Waals surface area contributed by atoms with Crippen LogP contribution in [-0.2, 0) is 4.79 Å². The number of nitrogens with zero attached hydrogens (tertiary/aromatic N) is 1. The number of carbonyl (C=O) groups is 1. The molecular formula is C10H20N2O. The van der Waals surface area contributed by atoms with E-state index >= 15 is 0 Å². The summed E-state index contributed by atoms with van der Waals surface area (Å²) < 4.78 is 0. The number of likely N-dealkylation sites (tertiary alicyclic amines) is 1. The Balaban J connectivity index is 2.16. The van der Waals surface area contributed by atoms with Crippen LogP contribution in [0.15, 0.2) is 0 Å². The minimum atomic E-state index is 0.110. The summed E-state index contributed by atoms with van der Waals surface area (Å²) in [6, 6.07) is 0.